The van der Waals surface area contributed by atoms with E-state index in [9.17, 15) is 5.11 Å². The first kappa shape index (κ1) is 9.49. The largest absolute Gasteiger partial charge is 0.493 e. The molecule has 0 aromatic heterocycles. The Balaban J connectivity index is 2.10. The number of benzene rings is 1. The zero-order valence-corrected chi connectivity index (χ0v) is 8.14. The molecule has 1 aromatic carbocycles. The average Bonchev–Trinajstić information content (AvgIpc) is 2.62. The monoisotopic (exact) mass is 194 g/mol. The lowest BCUT2D eigenvalue weighted by Gasteiger charge is -2.12. The first-order chi connectivity index (χ1) is 6.81. The molecule has 0 aliphatic carbocycles. The van der Waals surface area contributed by atoms with Gasteiger partial charge in [-0.1, -0.05) is 18.2 Å². The standard InChI is InChI=1S/C11H14O3/c1-13-11(12)6-8-7-14-10-5-3-2-4-9(8)10/h2-5,8,11-12H,6-7H2,1H3. The lowest BCUT2D eigenvalue weighted by Crippen LogP contribution is -2.15. The fourth-order valence-corrected chi connectivity index (χ4v) is 1.76. The lowest BCUT2D eigenvalue weighted by molar-refractivity contribution is -0.0826. The summed E-state index contributed by atoms with van der Waals surface area (Å²) in [6.07, 6.45) is -0.109. The van der Waals surface area contributed by atoms with Crippen LogP contribution in [0.3, 0.4) is 0 Å². The Morgan fingerprint density at radius 2 is 2.36 bits per heavy atom. The number of para-hydroxylation sites is 1. The third-order valence-electron chi connectivity index (χ3n) is 2.56. The number of hydrogen-bond donors (Lipinski definition) is 1. The van der Waals surface area contributed by atoms with Crippen molar-refractivity contribution >= 4 is 0 Å². The van der Waals surface area contributed by atoms with Gasteiger partial charge in [-0.05, 0) is 6.07 Å². The van der Waals surface area contributed by atoms with E-state index >= 15 is 0 Å². The quantitative estimate of drug-likeness (QED) is 0.741. The van der Waals surface area contributed by atoms with Crippen LogP contribution in [0.4, 0.5) is 0 Å². The van der Waals surface area contributed by atoms with Crippen molar-refractivity contribution in [3.63, 3.8) is 0 Å². The van der Waals surface area contributed by atoms with E-state index in [1.165, 1.54) is 12.7 Å². The summed E-state index contributed by atoms with van der Waals surface area (Å²) in [4.78, 5) is 0. The van der Waals surface area contributed by atoms with Crippen LogP contribution in [0.15, 0.2) is 24.3 Å². The van der Waals surface area contributed by atoms with Gasteiger partial charge < -0.3 is 14.6 Å². The summed E-state index contributed by atoms with van der Waals surface area (Å²) in [5.41, 5.74) is 1.17. The summed E-state index contributed by atoms with van der Waals surface area (Å²) >= 11 is 0. The summed E-state index contributed by atoms with van der Waals surface area (Å²) < 4.78 is 10.3. The highest BCUT2D eigenvalue weighted by Gasteiger charge is 2.25. The molecule has 0 saturated heterocycles. The third-order valence-corrected chi connectivity index (χ3v) is 2.56. The average molecular weight is 194 g/mol. The van der Waals surface area contributed by atoms with E-state index in [4.69, 9.17) is 9.47 Å². The minimum absolute atomic E-state index is 0.251. The molecule has 2 unspecified atom stereocenters. The third kappa shape index (κ3) is 1.74. The van der Waals surface area contributed by atoms with Crippen LogP contribution < -0.4 is 4.74 Å². The van der Waals surface area contributed by atoms with Crippen LogP contribution in [0.2, 0.25) is 0 Å². The van der Waals surface area contributed by atoms with Crippen molar-refractivity contribution in [2.45, 2.75) is 18.6 Å². The topological polar surface area (TPSA) is 38.7 Å². The molecule has 2 rings (SSSR count). The molecule has 0 amide bonds. The minimum atomic E-state index is -0.699. The molecule has 0 saturated carbocycles. The van der Waals surface area contributed by atoms with Crippen molar-refractivity contribution < 1.29 is 14.6 Å². The second-order valence-corrected chi connectivity index (χ2v) is 3.47. The van der Waals surface area contributed by atoms with Crippen LogP contribution in [0.5, 0.6) is 5.75 Å². The smallest absolute Gasteiger partial charge is 0.154 e. The van der Waals surface area contributed by atoms with Crippen LogP contribution in [0.1, 0.15) is 17.9 Å². The van der Waals surface area contributed by atoms with Crippen molar-refractivity contribution in [1.29, 1.82) is 0 Å². The van der Waals surface area contributed by atoms with E-state index in [-0.39, 0.29) is 5.92 Å². The van der Waals surface area contributed by atoms with Gasteiger partial charge in [0.2, 0.25) is 0 Å². The van der Waals surface area contributed by atoms with Gasteiger partial charge in [0, 0.05) is 25.0 Å². The second-order valence-electron chi connectivity index (χ2n) is 3.47. The number of hydrogen-bond acceptors (Lipinski definition) is 3. The van der Waals surface area contributed by atoms with Crippen LogP contribution >= 0.6 is 0 Å². The number of ether oxygens (including phenoxy) is 2. The Morgan fingerprint density at radius 3 is 3.14 bits per heavy atom. The summed E-state index contributed by atoms with van der Waals surface area (Å²) in [7, 11) is 1.51. The number of methoxy groups -OCH3 is 1. The van der Waals surface area contributed by atoms with E-state index in [1.807, 2.05) is 24.3 Å². The molecule has 3 heteroatoms. The Hall–Kier alpha value is -1.06. The van der Waals surface area contributed by atoms with Gasteiger partial charge in [-0.25, -0.2) is 0 Å². The van der Waals surface area contributed by atoms with Crippen LogP contribution in [-0.4, -0.2) is 25.1 Å². The molecule has 0 spiro atoms. The highest BCUT2D eigenvalue weighted by Crippen LogP contribution is 2.35. The zero-order valence-electron chi connectivity index (χ0n) is 8.14. The summed E-state index contributed by atoms with van der Waals surface area (Å²) in [5, 5.41) is 9.37. The van der Waals surface area contributed by atoms with Gasteiger partial charge in [0.1, 0.15) is 5.75 Å². The van der Waals surface area contributed by atoms with E-state index in [0.29, 0.717) is 13.0 Å². The molecule has 0 bridgehead atoms. The molecule has 1 aromatic rings. The van der Waals surface area contributed by atoms with Gasteiger partial charge in [0.25, 0.3) is 0 Å². The van der Waals surface area contributed by atoms with Crippen LogP contribution in [-0.2, 0) is 4.74 Å². The molecule has 1 N–H and O–H groups in total. The molecule has 14 heavy (non-hydrogen) atoms. The predicted octanol–water partition coefficient (Wildman–Crippen LogP) is 1.52. The lowest BCUT2D eigenvalue weighted by atomic mass is 9.98. The van der Waals surface area contributed by atoms with Crippen molar-refractivity contribution in [2.75, 3.05) is 13.7 Å². The molecule has 76 valence electrons. The molecule has 1 aliphatic rings. The fraction of sp³-hybridized carbons (Fsp3) is 0.455. The number of aliphatic hydroxyl groups is 1. The van der Waals surface area contributed by atoms with Crippen molar-refractivity contribution in [3.8, 4) is 5.75 Å². The van der Waals surface area contributed by atoms with Gasteiger partial charge in [0.05, 0.1) is 6.61 Å². The first-order valence-electron chi connectivity index (χ1n) is 4.74. The van der Waals surface area contributed by atoms with E-state index in [0.717, 1.165) is 5.75 Å². The molecule has 1 heterocycles. The van der Waals surface area contributed by atoms with E-state index in [2.05, 4.69) is 0 Å². The van der Waals surface area contributed by atoms with Gasteiger partial charge in [-0.2, -0.15) is 0 Å². The molecular weight excluding hydrogens is 180 g/mol. The van der Waals surface area contributed by atoms with Crippen LogP contribution in [0.25, 0.3) is 0 Å². The van der Waals surface area contributed by atoms with Gasteiger partial charge >= 0.3 is 0 Å². The highest BCUT2D eigenvalue weighted by atomic mass is 16.6. The Labute approximate surface area is 83.3 Å². The summed E-state index contributed by atoms with van der Waals surface area (Å²) in [6, 6.07) is 7.93. The molecule has 2 atom stereocenters. The maximum Gasteiger partial charge on any atom is 0.154 e. The van der Waals surface area contributed by atoms with E-state index in [1.54, 1.807) is 0 Å². The van der Waals surface area contributed by atoms with Crippen molar-refractivity contribution in [2.24, 2.45) is 0 Å². The number of fused-ring (bicyclic) bond motifs is 1. The van der Waals surface area contributed by atoms with Gasteiger partial charge in [-0.15, -0.1) is 0 Å². The molecule has 0 fully saturated rings. The molecular formula is C11H14O3. The summed E-state index contributed by atoms with van der Waals surface area (Å²) in [5.74, 6) is 1.18. The molecule has 3 nitrogen and oxygen atoms in total. The SMILES string of the molecule is COC(O)CC1COc2ccccc21. The number of rotatable bonds is 3. The minimum Gasteiger partial charge on any atom is -0.493 e. The van der Waals surface area contributed by atoms with Crippen molar-refractivity contribution in [1.82, 2.24) is 0 Å². The maximum atomic E-state index is 9.37. The highest BCUT2D eigenvalue weighted by molar-refractivity contribution is 5.39. The first-order valence-corrected chi connectivity index (χ1v) is 4.74. The maximum absolute atomic E-state index is 9.37. The second kappa shape index (κ2) is 3.98. The number of aliphatic hydroxyl groups excluding tert-OH is 1. The van der Waals surface area contributed by atoms with Gasteiger partial charge in [-0.3, -0.25) is 0 Å². The van der Waals surface area contributed by atoms with Crippen molar-refractivity contribution in [3.05, 3.63) is 29.8 Å². The van der Waals surface area contributed by atoms with Crippen LogP contribution in [0, 0.1) is 0 Å². The normalized spacial score (nSPS) is 21.4. The fourth-order valence-electron chi connectivity index (χ4n) is 1.76. The zero-order chi connectivity index (χ0) is 9.97. The summed E-state index contributed by atoms with van der Waals surface area (Å²) in [6.45, 7) is 0.639. The van der Waals surface area contributed by atoms with E-state index < -0.39 is 6.29 Å². The molecule has 1 aliphatic heterocycles. The van der Waals surface area contributed by atoms with Gasteiger partial charge in [0.15, 0.2) is 6.29 Å². The molecule has 0 radical (unpaired) electrons. The Kier molecular flexibility index (Phi) is 2.70. The Bertz CT molecular complexity index is 311. The Morgan fingerprint density at radius 1 is 1.57 bits per heavy atom. The predicted molar refractivity (Wildman–Crippen MR) is 52.3 cm³/mol.